The Morgan fingerprint density at radius 1 is 0.793 bits per heavy atom. The largest absolute Gasteiger partial charge is 0.455 e. The van der Waals surface area contributed by atoms with Gasteiger partial charge in [0.25, 0.3) is 0 Å². The summed E-state index contributed by atoms with van der Waals surface area (Å²) in [7, 11) is 0. The third-order valence-electron chi connectivity index (χ3n) is 5.65. The number of aryl methyl sites for hydroxylation is 1. The zero-order valence-corrected chi connectivity index (χ0v) is 16.9. The molecule has 2 heteroatoms. The number of para-hydroxylation sites is 1. The van der Waals surface area contributed by atoms with Crippen LogP contribution in [0.1, 0.15) is 30.9 Å². The lowest BCUT2D eigenvalue weighted by Crippen LogP contribution is -1.95. The van der Waals surface area contributed by atoms with Crippen LogP contribution in [-0.2, 0) is 0 Å². The van der Waals surface area contributed by atoms with Gasteiger partial charge in [0.15, 0.2) is 0 Å². The first kappa shape index (κ1) is 17.7. The van der Waals surface area contributed by atoms with E-state index < -0.39 is 0 Å². The van der Waals surface area contributed by atoms with Gasteiger partial charge in [-0.25, -0.2) is 0 Å². The Hall–Kier alpha value is -3.39. The first-order chi connectivity index (χ1) is 14.1. The van der Waals surface area contributed by atoms with Gasteiger partial charge in [-0.1, -0.05) is 68.4 Å². The number of pyridine rings is 1. The van der Waals surface area contributed by atoms with Crippen LogP contribution in [0.3, 0.4) is 0 Å². The minimum atomic E-state index is 0.472. The van der Waals surface area contributed by atoms with Crippen LogP contribution in [0.5, 0.6) is 0 Å². The summed E-state index contributed by atoms with van der Waals surface area (Å²) in [4.78, 5) is 4.68. The number of hydrogen-bond donors (Lipinski definition) is 0. The van der Waals surface area contributed by atoms with Crippen LogP contribution < -0.4 is 0 Å². The van der Waals surface area contributed by atoms with E-state index in [1.165, 1.54) is 16.7 Å². The Kier molecular flexibility index (Phi) is 4.21. The van der Waals surface area contributed by atoms with E-state index >= 15 is 0 Å². The molecule has 3 aromatic carbocycles. The molecule has 0 saturated carbocycles. The molecule has 0 aliphatic carbocycles. The lowest BCUT2D eigenvalue weighted by molar-refractivity contribution is 0.670. The third kappa shape index (κ3) is 3.01. The quantitative estimate of drug-likeness (QED) is 0.321. The number of rotatable bonds is 3. The van der Waals surface area contributed by atoms with Crippen LogP contribution in [-0.4, -0.2) is 4.98 Å². The van der Waals surface area contributed by atoms with Crippen molar-refractivity contribution in [2.75, 3.05) is 0 Å². The first-order valence-electron chi connectivity index (χ1n) is 10.1. The first-order valence-corrected chi connectivity index (χ1v) is 10.1. The summed E-state index contributed by atoms with van der Waals surface area (Å²) in [5, 5.41) is 2.28. The summed E-state index contributed by atoms with van der Waals surface area (Å²) in [6.07, 6.45) is 1.97. The monoisotopic (exact) mass is 377 g/mol. The number of benzene rings is 3. The summed E-state index contributed by atoms with van der Waals surface area (Å²) in [5.41, 5.74) is 8.77. The van der Waals surface area contributed by atoms with Gasteiger partial charge in [-0.05, 0) is 47.7 Å². The molecule has 0 N–H and O–H groups in total. The van der Waals surface area contributed by atoms with Crippen molar-refractivity contribution in [3.63, 3.8) is 0 Å². The molecule has 142 valence electrons. The molecule has 0 spiro atoms. The lowest BCUT2D eigenvalue weighted by atomic mass is 9.97. The van der Waals surface area contributed by atoms with Crippen molar-refractivity contribution in [3.8, 4) is 22.4 Å². The summed E-state index contributed by atoms with van der Waals surface area (Å²) in [6.45, 7) is 6.57. The molecule has 5 rings (SSSR count). The summed E-state index contributed by atoms with van der Waals surface area (Å²) >= 11 is 0. The molecule has 5 aromatic rings. The van der Waals surface area contributed by atoms with Crippen molar-refractivity contribution >= 4 is 21.9 Å². The van der Waals surface area contributed by atoms with Gasteiger partial charge in [0.1, 0.15) is 11.2 Å². The van der Waals surface area contributed by atoms with Gasteiger partial charge < -0.3 is 4.42 Å². The zero-order chi connectivity index (χ0) is 20.0. The van der Waals surface area contributed by atoms with Gasteiger partial charge >= 0.3 is 0 Å². The standard InChI is InChI=1S/C27H23NO/c1-17(2)24-15-25(28-16-18(24)3)20-12-13-22-23-11-7-10-21(19-8-5-4-6-9-19)27(23)29-26(22)14-20/h4-17H,1-3H3. The molecule has 2 heterocycles. The summed E-state index contributed by atoms with van der Waals surface area (Å²) < 4.78 is 6.37. The van der Waals surface area contributed by atoms with E-state index in [4.69, 9.17) is 4.42 Å². The highest BCUT2D eigenvalue weighted by molar-refractivity contribution is 6.10. The van der Waals surface area contributed by atoms with Crippen LogP contribution in [0.25, 0.3) is 44.3 Å². The highest BCUT2D eigenvalue weighted by Gasteiger charge is 2.14. The molecule has 0 amide bonds. The van der Waals surface area contributed by atoms with Gasteiger partial charge in [0.05, 0.1) is 5.69 Å². The molecule has 0 aliphatic rings. The van der Waals surface area contributed by atoms with Crippen LogP contribution >= 0.6 is 0 Å². The maximum absolute atomic E-state index is 6.37. The Morgan fingerprint density at radius 3 is 2.41 bits per heavy atom. The predicted octanol–water partition coefficient (Wildman–Crippen LogP) is 7.75. The Balaban J connectivity index is 1.69. The molecule has 29 heavy (non-hydrogen) atoms. The molecule has 2 nitrogen and oxygen atoms in total. The normalized spacial score (nSPS) is 11.6. The van der Waals surface area contributed by atoms with Gasteiger partial charge in [-0.2, -0.15) is 0 Å². The minimum Gasteiger partial charge on any atom is -0.455 e. The molecule has 2 aromatic heterocycles. The fourth-order valence-corrected chi connectivity index (χ4v) is 4.12. The SMILES string of the molecule is Cc1cnc(-c2ccc3c(c2)oc2c(-c4ccccc4)cccc23)cc1C(C)C. The van der Waals surface area contributed by atoms with Crippen LogP contribution in [0.2, 0.25) is 0 Å². The molecule has 0 saturated heterocycles. The molecular formula is C27H23NO. The fraction of sp³-hybridized carbons (Fsp3) is 0.148. The van der Waals surface area contributed by atoms with E-state index in [2.05, 4.69) is 92.5 Å². The molecule has 0 bridgehead atoms. The van der Waals surface area contributed by atoms with Crippen molar-refractivity contribution < 1.29 is 4.42 Å². The number of fused-ring (bicyclic) bond motifs is 3. The molecular weight excluding hydrogens is 354 g/mol. The second kappa shape index (κ2) is 6.89. The molecule has 0 unspecified atom stereocenters. The van der Waals surface area contributed by atoms with Crippen molar-refractivity contribution in [3.05, 3.63) is 90.1 Å². The van der Waals surface area contributed by atoms with Gasteiger partial charge in [0.2, 0.25) is 0 Å². The van der Waals surface area contributed by atoms with E-state index in [0.29, 0.717) is 5.92 Å². The van der Waals surface area contributed by atoms with Crippen LogP contribution in [0, 0.1) is 6.92 Å². The number of furan rings is 1. The van der Waals surface area contributed by atoms with Gasteiger partial charge in [-0.3, -0.25) is 4.98 Å². The molecule has 0 fully saturated rings. The van der Waals surface area contributed by atoms with Gasteiger partial charge in [0, 0.05) is 28.1 Å². The lowest BCUT2D eigenvalue weighted by Gasteiger charge is -2.11. The average molecular weight is 377 g/mol. The van der Waals surface area contributed by atoms with E-state index in [1.54, 1.807) is 0 Å². The summed E-state index contributed by atoms with van der Waals surface area (Å²) in [6, 6.07) is 25.4. The minimum absolute atomic E-state index is 0.472. The Labute approximate surface area is 170 Å². The highest BCUT2D eigenvalue weighted by atomic mass is 16.3. The maximum atomic E-state index is 6.37. The Morgan fingerprint density at radius 2 is 1.62 bits per heavy atom. The highest BCUT2D eigenvalue weighted by Crippen LogP contribution is 2.37. The second-order valence-corrected chi connectivity index (χ2v) is 7.94. The van der Waals surface area contributed by atoms with Crippen molar-refractivity contribution in [2.45, 2.75) is 26.7 Å². The molecule has 0 atom stereocenters. The number of aromatic nitrogens is 1. The molecule has 0 radical (unpaired) electrons. The van der Waals surface area contributed by atoms with Crippen molar-refractivity contribution in [1.29, 1.82) is 0 Å². The van der Waals surface area contributed by atoms with E-state index in [0.717, 1.165) is 38.8 Å². The zero-order valence-electron chi connectivity index (χ0n) is 16.9. The average Bonchev–Trinajstić information content (AvgIpc) is 3.12. The van der Waals surface area contributed by atoms with Crippen LogP contribution in [0.4, 0.5) is 0 Å². The molecule has 0 aliphatic heterocycles. The smallest absolute Gasteiger partial charge is 0.143 e. The van der Waals surface area contributed by atoms with Crippen molar-refractivity contribution in [1.82, 2.24) is 4.98 Å². The van der Waals surface area contributed by atoms with E-state index in [9.17, 15) is 0 Å². The van der Waals surface area contributed by atoms with Crippen molar-refractivity contribution in [2.24, 2.45) is 0 Å². The third-order valence-corrected chi connectivity index (χ3v) is 5.65. The maximum Gasteiger partial charge on any atom is 0.143 e. The Bertz CT molecular complexity index is 1330. The summed E-state index contributed by atoms with van der Waals surface area (Å²) in [5.74, 6) is 0.472. The second-order valence-electron chi connectivity index (χ2n) is 7.94. The number of hydrogen-bond acceptors (Lipinski definition) is 2. The van der Waals surface area contributed by atoms with E-state index in [1.807, 2.05) is 12.3 Å². The van der Waals surface area contributed by atoms with Gasteiger partial charge in [-0.15, -0.1) is 0 Å². The topological polar surface area (TPSA) is 26.0 Å². The predicted molar refractivity (Wildman–Crippen MR) is 121 cm³/mol. The van der Waals surface area contributed by atoms with E-state index in [-0.39, 0.29) is 0 Å². The number of nitrogens with zero attached hydrogens (tertiary/aromatic N) is 1. The van der Waals surface area contributed by atoms with Crippen LogP contribution in [0.15, 0.2) is 83.4 Å². The fourth-order valence-electron chi connectivity index (χ4n) is 4.12.